The van der Waals surface area contributed by atoms with Gasteiger partial charge in [-0.2, -0.15) is 0 Å². The molecule has 2 rings (SSSR count). The summed E-state index contributed by atoms with van der Waals surface area (Å²) in [5.74, 6) is 0. The second kappa shape index (κ2) is 7.46. The van der Waals surface area contributed by atoms with E-state index >= 15 is 0 Å². The van der Waals surface area contributed by atoms with Gasteiger partial charge in [0.05, 0.1) is 0 Å². The third-order valence-corrected chi connectivity index (χ3v) is 4.56. The van der Waals surface area contributed by atoms with Crippen molar-refractivity contribution in [3.63, 3.8) is 0 Å². The fourth-order valence-corrected chi connectivity index (χ4v) is 3.38. The Bertz CT molecular complexity index is 226. The first kappa shape index (κ1) is 14.3. The minimum atomic E-state index is 0.697. The van der Waals surface area contributed by atoms with Crippen LogP contribution in [0.1, 0.15) is 46.0 Å². The van der Waals surface area contributed by atoms with E-state index in [1.54, 1.807) is 0 Å². The van der Waals surface area contributed by atoms with Crippen LogP contribution in [-0.2, 0) is 0 Å². The van der Waals surface area contributed by atoms with Crippen molar-refractivity contribution < 1.29 is 0 Å². The van der Waals surface area contributed by atoms with Crippen LogP contribution in [0.25, 0.3) is 0 Å². The predicted octanol–water partition coefficient (Wildman–Crippen LogP) is 1.93. The van der Waals surface area contributed by atoms with E-state index < -0.39 is 0 Å². The van der Waals surface area contributed by atoms with E-state index in [-0.39, 0.29) is 0 Å². The molecule has 2 heterocycles. The molecule has 2 fully saturated rings. The maximum atomic E-state index is 3.68. The minimum absolute atomic E-state index is 0.697. The van der Waals surface area contributed by atoms with Crippen molar-refractivity contribution in [3.8, 4) is 0 Å². The molecule has 3 nitrogen and oxygen atoms in total. The van der Waals surface area contributed by atoms with Crippen LogP contribution >= 0.6 is 0 Å². The molecule has 18 heavy (non-hydrogen) atoms. The Hall–Kier alpha value is -0.120. The van der Waals surface area contributed by atoms with Gasteiger partial charge in [0.15, 0.2) is 0 Å². The first-order valence-corrected chi connectivity index (χ1v) is 8.03. The molecule has 2 unspecified atom stereocenters. The molecule has 1 N–H and O–H groups in total. The van der Waals surface area contributed by atoms with E-state index in [0.29, 0.717) is 6.04 Å². The Morgan fingerprint density at radius 1 is 1.17 bits per heavy atom. The first-order valence-electron chi connectivity index (χ1n) is 8.03. The lowest BCUT2D eigenvalue weighted by atomic mass is 10.2. The molecule has 2 aliphatic heterocycles. The third-order valence-electron chi connectivity index (χ3n) is 4.56. The van der Waals surface area contributed by atoms with Gasteiger partial charge in [-0.05, 0) is 58.3 Å². The van der Waals surface area contributed by atoms with Crippen molar-refractivity contribution in [3.05, 3.63) is 0 Å². The fraction of sp³-hybridized carbons (Fsp3) is 1.00. The molecular weight excluding hydrogens is 222 g/mol. The normalized spacial score (nSPS) is 28.0. The van der Waals surface area contributed by atoms with E-state index in [2.05, 4.69) is 29.0 Å². The van der Waals surface area contributed by atoms with Crippen LogP contribution in [0, 0.1) is 0 Å². The van der Waals surface area contributed by atoms with Crippen LogP contribution in [0.3, 0.4) is 0 Å². The van der Waals surface area contributed by atoms with Crippen LogP contribution in [-0.4, -0.2) is 61.2 Å². The summed E-state index contributed by atoms with van der Waals surface area (Å²) in [6.07, 6.45) is 6.74. The van der Waals surface area contributed by atoms with Gasteiger partial charge in [0.2, 0.25) is 0 Å². The molecule has 0 aliphatic carbocycles. The predicted molar refractivity (Wildman–Crippen MR) is 78.0 cm³/mol. The maximum absolute atomic E-state index is 3.68. The van der Waals surface area contributed by atoms with Gasteiger partial charge in [-0.3, -0.25) is 4.90 Å². The summed E-state index contributed by atoms with van der Waals surface area (Å²) in [5.41, 5.74) is 0. The zero-order chi connectivity index (χ0) is 12.8. The molecule has 0 aromatic carbocycles. The maximum Gasteiger partial charge on any atom is 0.0235 e. The lowest BCUT2D eigenvalue weighted by Gasteiger charge is -2.26. The van der Waals surface area contributed by atoms with E-state index in [1.807, 2.05) is 0 Å². The molecule has 0 aromatic heterocycles. The zero-order valence-corrected chi connectivity index (χ0v) is 12.3. The van der Waals surface area contributed by atoms with E-state index in [0.717, 1.165) is 6.04 Å². The van der Waals surface area contributed by atoms with Gasteiger partial charge in [-0.25, -0.2) is 0 Å². The van der Waals surface area contributed by atoms with Gasteiger partial charge in [0.25, 0.3) is 0 Å². The summed E-state index contributed by atoms with van der Waals surface area (Å²) in [6, 6.07) is 1.55. The average molecular weight is 253 g/mol. The molecule has 0 bridgehead atoms. The van der Waals surface area contributed by atoms with Crippen LogP contribution in [0.5, 0.6) is 0 Å². The van der Waals surface area contributed by atoms with Crippen LogP contribution < -0.4 is 5.32 Å². The largest absolute Gasteiger partial charge is 0.313 e. The molecule has 2 aliphatic rings. The first-order chi connectivity index (χ1) is 8.83. The van der Waals surface area contributed by atoms with Gasteiger partial charge in [0, 0.05) is 25.2 Å². The Balaban J connectivity index is 1.70. The van der Waals surface area contributed by atoms with E-state index in [1.165, 1.54) is 71.4 Å². The standard InChI is InChI=1S/C15H31N3/c1-3-8-16-14(4-2)12-17-11-7-15(13-17)18-9-5-6-10-18/h14-16H,3-13H2,1-2H3. The van der Waals surface area contributed by atoms with Crippen molar-refractivity contribution in [2.45, 2.75) is 58.0 Å². The molecule has 0 amide bonds. The number of hydrogen-bond donors (Lipinski definition) is 1. The van der Waals surface area contributed by atoms with Crippen molar-refractivity contribution >= 4 is 0 Å². The minimum Gasteiger partial charge on any atom is -0.313 e. The lowest BCUT2D eigenvalue weighted by molar-refractivity contribution is 0.222. The van der Waals surface area contributed by atoms with Crippen LogP contribution in [0.15, 0.2) is 0 Å². The molecule has 0 radical (unpaired) electrons. The van der Waals surface area contributed by atoms with E-state index in [4.69, 9.17) is 0 Å². The second-order valence-corrected chi connectivity index (χ2v) is 6.00. The summed E-state index contributed by atoms with van der Waals surface area (Å²) in [7, 11) is 0. The molecule has 0 saturated carbocycles. The highest BCUT2D eigenvalue weighted by Gasteiger charge is 2.29. The number of nitrogens with zero attached hydrogens (tertiary/aromatic N) is 2. The van der Waals surface area contributed by atoms with Gasteiger partial charge >= 0.3 is 0 Å². The Morgan fingerprint density at radius 2 is 1.94 bits per heavy atom. The van der Waals surface area contributed by atoms with Gasteiger partial charge < -0.3 is 10.2 Å². The molecule has 0 spiro atoms. The van der Waals surface area contributed by atoms with Crippen molar-refractivity contribution in [2.75, 3.05) is 39.3 Å². The van der Waals surface area contributed by atoms with Gasteiger partial charge in [-0.1, -0.05) is 13.8 Å². The van der Waals surface area contributed by atoms with Gasteiger partial charge in [-0.15, -0.1) is 0 Å². The summed E-state index contributed by atoms with van der Waals surface area (Å²) < 4.78 is 0. The quantitative estimate of drug-likeness (QED) is 0.748. The van der Waals surface area contributed by atoms with Crippen LogP contribution in [0.4, 0.5) is 0 Å². The third kappa shape index (κ3) is 3.94. The number of rotatable bonds is 7. The molecule has 3 heteroatoms. The molecule has 0 aromatic rings. The lowest BCUT2D eigenvalue weighted by Crippen LogP contribution is -2.42. The van der Waals surface area contributed by atoms with Crippen molar-refractivity contribution in [1.82, 2.24) is 15.1 Å². The summed E-state index contributed by atoms with van der Waals surface area (Å²) in [4.78, 5) is 5.40. The molecule has 2 atom stereocenters. The Labute approximate surface area is 113 Å². The molecular formula is C15H31N3. The van der Waals surface area contributed by atoms with Crippen molar-refractivity contribution in [1.29, 1.82) is 0 Å². The van der Waals surface area contributed by atoms with Crippen molar-refractivity contribution in [2.24, 2.45) is 0 Å². The fourth-order valence-electron chi connectivity index (χ4n) is 3.38. The highest BCUT2D eigenvalue weighted by atomic mass is 15.3. The van der Waals surface area contributed by atoms with E-state index in [9.17, 15) is 0 Å². The number of nitrogens with one attached hydrogen (secondary N) is 1. The highest BCUT2D eigenvalue weighted by molar-refractivity contribution is 4.87. The number of hydrogen-bond acceptors (Lipinski definition) is 3. The molecule has 106 valence electrons. The topological polar surface area (TPSA) is 18.5 Å². The summed E-state index contributed by atoms with van der Waals surface area (Å²) >= 11 is 0. The summed E-state index contributed by atoms with van der Waals surface area (Å²) in [5, 5.41) is 3.68. The summed E-state index contributed by atoms with van der Waals surface area (Å²) in [6.45, 7) is 12.3. The Morgan fingerprint density at radius 3 is 2.61 bits per heavy atom. The zero-order valence-electron chi connectivity index (χ0n) is 12.3. The average Bonchev–Trinajstić information content (AvgIpc) is 3.04. The molecule has 2 saturated heterocycles. The Kier molecular flexibility index (Phi) is 5.93. The van der Waals surface area contributed by atoms with Gasteiger partial charge in [0.1, 0.15) is 0 Å². The SMILES string of the molecule is CCCNC(CC)CN1CCC(N2CCCC2)C1. The highest BCUT2D eigenvalue weighted by Crippen LogP contribution is 2.20. The van der Waals surface area contributed by atoms with Crippen LogP contribution in [0.2, 0.25) is 0 Å². The second-order valence-electron chi connectivity index (χ2n) is 6.00. The monoisotopic (exact) mass is 253 g/mol. The number of likely N-dealkylation sites (tertiary alicyclic amines) is 2. The smallest absolute Gasteiger partial charge is 0.0235 e.